The molecular weight excluding hydrogens is 250 g/mol. The molecule has 0 unspecified atom stereocenters. The Morgan fingerprint density at radius 2 is 1.94 bits per heavy atom. The van der Waals surface area contributed by atoms with Gasteiger partial charge in [-0.05, 0) is 24.3 Å². The first-order valence-electron chi connectivity index (χ1n) is 5.32. The lowest BCUT2D eigenvalue weighted by molar-refractivity contribution is 0.466. The van der Waals surface area contributed by atoms with Crippen molar-refractivity contribution in [3.05, 3.63) is 54.1 Å². The normalized spacial score (nSPS) is 10.5. The van der Waals surface area contributed by atoms with E-state index in [2.05, 4.69) is 15.0 Å². The lowest BCUT2D eigenvalue weighted by Crippen LogP contribution is -1.90. The predicted octanol–water partition coefficient (Wildman–Crippen LogP) is 3.47. The van der Waals surface area contributed by atoms with Crippen molar-refractivity contribution in [1.82, 2.24) is 15.0 Å². The van der Waals surface area contributed by atoms with Crippen molar-refractivity contribution in [2.75, 3.05) is 0 Å². The summed E-state index contributed by atoms with van der Waals surface area (Å²) in [5, 5.41) is 1.27. The van der Waals surface area contributed by atoms with Gasteiger partial charge in [0.2, 0.25) is 5.88 Å². The second kappa shape index (κ2) is 4.58. The summed E-state index contributed by atoms with van der Waals surface area (Å²) < 4.78 is 5.70. The van der Waals surface area contributed by atoms with Crippen LogP contribution in [0, 0.1) is 0 Å². The third kappa shape index (κ3) is 2.10. The summed E-state index contributed by atoms with van der Waals surface area (Å²) in [5.74, 6) is 1.10. The van der Waals surface area contributed by atoms with Crippen molar-refractivity contribution < 1.29 is 4.74 Å². The molecule has 0 saturated heterocycles. The van der Waals surface area contributed by atoms with Gasteiger partial charge in [0.15, 0.2) is 0 Å². The van der Waals surface area contributed by atoms with Gasteiger partial charge in [-0.15, -0.1) is 0 Å². The van der Waals surface area contributed by atoms with Crippen LogP contribution in [0.15, 0.2) is 48.9 Å². The van der Waals surface area contributed by atoms with E-state index in [0.29, 0.717) is 16.8 Å². The van der Waals surface area contributed by atoms with Crippen LogP contribution in [0.5, 0.6) is 11.6 Å². The highest BCUT2D eigenvalue weighted by Gasteiger charge is 2.05. The van der Waals surface area contributed by atoms with Crippen LogP contribution in [-0.2, 0) is 0 Å². The zero-order valence-electron chi connectivity index (χ0n) is 9.25. The Bertz CT molecular complexity index is 697. The van der Waals surface area contributed by atoms with Gasteiger partial charge >= 0.3 is 0 Å². The average molecular weight is 258 g/mol. The second-order valence-electron chi connectivity index (χ2n) is 3.61. The number of aromatic nitrogens is 3. The molecule has 0 spiro atoms. The number of fused-ring (bicyclic) bond motifs is 1. The van der Waals surface area contributed by atoms with Gasteiger partial charge in [0.25, 0.3) is 0 Å². The fourth-order valence-corrected chi connectivity index (χ4v) is 1.79. The Morgan fingerprint density at radius 1 is 1.00 bits per heavy atom. The molecule has 0 aliphatic heterocycles. The van der Waals surface area contributed by atoms with Crippen molar-refractivity contribution in [3.8, 4) is 11.6 Å². The highest BCUT2D eigenvalue weighted by Crippen LogP contribution is 2.28. The van der Waals surface area contributed by atoms with E-state index >= 15 is 0 Å². The van der Waals surface area contributed by atoms with E-state index in [1.807, 2.05) is 30.3 Å². The lowest BCUT2D eigenvalue weighted by Gasteiger charge is -2.07. The van der Waals surface area contributed by atoms with E-state index in [1.54, 1.807) is 12.3 Å². The summed E-state index contributed by atoms with van der Waals surface area (Å²) >= 11 is 5.79. The van der Waals surface area contributed by atoms with Crippen LogP contribution in [0.1, 0.15) is 0 Å². The number of halogens is 1. The Hall–Kier alpha value is -2.20. The molecule has 2 aromatic heterocycles. The molecule has 3 rings (SSSR count). The minimum absolute atomic E-state index is 0.346. The maximum absolute atomic E-state index is 5.79. The first-order valence-corrected chi connectivity index (χ1v) is 5.70. The number of benzene rings is 1. The fraction of sp³-hybridized carbons (Fsp3) is 0. The molecule has 4 nitrogen and oxygen atoms in total. The third-order valence-corrected chi connectivity index (χ3v) is 2.64. The molecule has 18 heavy (non-hydrogen) atoms. The molecular formula is C13H8ClN3O. The van der Waals surface area contributed by atoms with Crippen LogP contribution >= 0.6 is 11.6 Å². The minimum Gasteiger partial charge on any atom is -0.438 e. The highest BCUT2D eigenvalue weighted by atomic mass is 35.5. The van der Waals surface area contributed by atoms with E-state index in [1.165, 1.54) is 6.33 Å². The standard InChI is InChI=1S/C13H8ClN3O/c14-12-7-13(17-8-16-12)18-11-5-1-4-10-9(11)3-2-6-15-10/h1-8H. The average Bonchev–Trinajstić information content (AvgIpc) is 2.39. The smallest absolute Gasteiger partial charge is 0.223 e. The van der Waals surface area contributed by atoms with Gasteiger partial charge in [0.1, 0.15) is 17.2 Å². The van der Waals surface area contributed by atoms with Gasteiger partial charge < -0.3 is 4.74 Å². The maximum atomic E-state index is 5.79. The zero-order valence-corrected chi connectivity index (χ0v) is 10.0. The van der Waals surface area contributed by atoms with Crippen LogP contribution < -0.4 is 4.74 Å². The largest absolute Gasteiger partial charge is 0.438 e. The minimum atomic E-state index is 0.346. The summed E-state index contributed by atoms with van der Waals surface area (Å²) in [5.41, 5.74) is 0.871. The molecule has 88 valence electrons. The van der Waals surface area contributed by atoms with E-state index in [-0.39, 0.29) is 0 Å². The summed E-state index contributed by atoms with van der Waals surface area (Å²) in [7, 11) is 0. The van der Waals surface area contributed by atoms with Crippen molar-refractivity contribution in [2.24, 2.45) is 0 Å². The molecule has 5 heteroatoms. The number of hydrogen-bond donors (Lipinski definition) is 0. The van der Waals surface area contributed by atoms with Crippen LogP contribution in [-0.4, -0.2) is 15.0 Å². The number of rotatable bonds is 2. The quantitative estimate of drug-likeness (QED) is 0.660. The summed E-state index contributed by atoms with van der Waals surface area (Å²) in [4.78, 5) is 12.1. The SMILES string of the molecule is Clc1cc(Oc2cccc3ncccc23)ncn1. The number of pyridine rings is 1. The van der Waals surface area contributed by atoms with E-state index in [0.717, 1.165) is 10.9 Å². The van der Waals surface area contributed by atoms with E-state index in [4.69, 9.17) is 16.3 Å². The van der Waals surface area contributed by atoms with Crippen molar-refractivity contribution >= 4 is 22.5 Å². The zero-order chi connectivity index (χ0) is 12.4. The van der Waals surface area contributed by atoms with Gasteiger partial charge in [0, 0.05) is 17.6 Å². The van der Waals surface area contributed by atoms with Gasteiger partial charge in [-0.2, -0.15) is 0 Å². The summed E-state index contributed by atoms with van der Waals surface area (Å²) in [6, 6.07) is 11.0. The predicted molar refractivity (Wildman–Crippen MR) is 68.9 cm³/mol. The molecule has 0 atom stereocenters. The molecule has 2 heterocycles. The lowest BCUT2D eigenvalue weighted by atomic mass is 10.2. The maximum Gasteiger partial charge on any atom is 0.223 e. The first-order chi connectivity index (χ1) is 8.83. The number of nitrogens with zero attached hydrogens (tertiary/aromatic N) is 3. The third-order valence-electron chi connectivity index (χ3n) is 2.43. The Labute approximate surface area is 108 Å². The summed E-state index contributed by atoms with van der Waals surface area (Å²) in [6.45, 7) is 0. The Kier molecular flexibility index (Phi) is 2.78. The molecule has 0 saturated carbocycles. The molecule has 0 amide bonds. The Morgan fingerprint density at radius 3 is 2.83 bits per heavy atom. The van der Waals surface area contributed by atoms with E-state index < -0.39 is 0 Å². The van der Waals surface area contributed by atoms with Gasteiger partial charge in [-0.3, -0.25) is 4.98 Å². The van der Waals surface area contributed by atoms with Crippen molar-refractivity contribution in [1.29, 1.82) is 0 Å². The molecule has 0 bridgehead atoms. The monoisotopic (exact) mass is 257 g/mol. The second-order valence-corrected chi connectivity index (χ2v) is 3.99. The molecule has 0 fully saturated rings. The first kappa shape index (κ1) is 10.9. The molecule has 0 aliphatic carbocycles. The molecule has 1 aromatic carbocycles. The number of ether oxygens (including phenoxy) is 1. The molecule has 0 radical (unpaired) electrons. The van der Waals surface area contributed by atoms with Crippen molar-refractivity contribution in [3.63, 3.8) is 0 Å². The highest BCUT2D eigenvalue weighted by molar-refractivity contribution is 6.29. The Balaban J connectivity index is 2.05. The molecule has 0 aliphatic rings. The van der Waals surface area contributed by atoms with Crippen LogP contribution in [0.2, 0.25) is 5.15 Å². The van der Waals surface area contributed by atoms with Crippen LogP contribution in [0.4, 0.5) is 0 Å². The summed E-state index contributed by atoms with van der Waals surface area (Å²) in [6.07, 6.45) is 3.11. The van der Waals surface area contributed by atoms with E-state index in [9.17, 15) is 0 Å². The number of hydrogen-bond acceptors (Lipinski definition) is 4. The van der Waals surface area contributed by atoms with Crippen molar-refractivity contribution in [2.45, 2.75) is 0 Å². The molecule has 3 aromatic rings. The van der Waals surface area contributed by atoms with Crippen LogP contribution in [0.3, 0.4) is 0 Å². The fourth-order valence-electron chi connectivity index (χ4n) is 1.65. The van der Waals surface area contributed by atoms with Crippen LogP contribution in [0.25, 0.3) is 10.9 Å². The topological polar surface area (TPSA) is 47.9 Å². The van der Waals surface area contributed by atoms with Gasteiger partial charge in [-0.1, -0.05) is 17.7 Å². The van der Waals surface area contributed by atoms with Gasteiger partial charge in [-0.25, -0.2) is 9.97 Å². The van der Waals surface area contributed by atoms with Gasteiger partial charge in [0.05, 0.1) is 5.52 Å². The molecule has 0 N–H and O–H groups in total.